The second-order valence-corrected chi connectivity index (χ2v) is 7.23. The molecule has 0 aromatic heterocycles. The monoisotopic (exact) mass is 261 g/mol. The Bertz CT molecular complexity index is 347. The van der Waals surface area contributed by atoms with Crippen molar-refractivity contribution in [2.24, 2.45) is 5.41 Å². The summed E-state index contributed by atoms with van der Waals surface area (Å²) in [6.07, 6.45) is 5.83. The molecule has 0 aromatic carbocycles. The van der Waals surface area contributed by atoms with Crippen LogP contribution in [0.5, 0.6) is 0 Å². The van der Waals surface area contributed by atoms with Crippen LogP contribution in [0.25, 0.3) is 0 Å². The summed E-state index contributed by atoms with van der Waals surface area (Å²) in [5.41, 5.74) is 0.206. The second-order valence-electron chi connectivity index (χ2n) is 5.36. The van der Waals surface area contributed by atoms with Crippen molar-refractivity contribution in [1.29, 1.82) is 0 Å². The summed E-state index contributed by atoms with van der Waals surface area (Å²) in [6, 6.07) is 0.160. The predicted molar refractivity (Wildman–Crippen MR) is 67.3 cm³/mol. The number of hydrogen-bond acceptors (Lipinski definition) is 3. The molecular formula is C12H23NO3S. The van der Waals surface area contributed by atoms with Crippen molar-refractivity contribution in [2.75, 3.05) is 19.0 Å². The van der Waals surface area contributed by atoms with Crippen LogP contribution in [0, 0.1) is 5.41 Å². The molecule has 1 saturated heterocycles. The zero-order valence-corrected chi connectivity index (χ0v) is 11.4. The summed E-state index contributed by atoms with van der Waals surface area (Å²) in [4.78, 5) is 0. The summed E-state index contributed by atoms with van der Waals surface area (Å²) in [6.45, 7) is 3.58. The maximum Gasteiger partial charge on any atom is 0.211 e. The van der Waals surface area contributed by atoms with E-state index in [0.29, 0.717) is 0 Å². The standard InChI is InChI=1S/C12H23NO3S/c1-2-3-10-17(14,15)13-11-4-5-12(11)6-8-16-9-7-12/h11,13H,2-10H2,1H3. The minimum atomic E-state index is -3.07. The fourth-order valence-electron chi connectivity index (χ4n) is 2.87. The Morgan fingerprint density at radius 2 is 2.00 bits per heavy atom. The number of unbranched alkanes of at least 4 members (excludes halogenated alkanes) is 1. The molecule has 1 atom stereocenters. The van der Waals surface area contributed by atoms with Gasteiger partial charge in [-0.1, -0.05) is 13.3 Å². The number of ether oxygens (including phenoxy) is 1. The highest BCUT2D eigenvalue weighted by Crippen LogP contribution is 2.48. The lowest BCUT2D eigenvalue weighted by atomic mass is 9.60. The van der Waals surface area contributed by atoms with E-state index < -0.39 is 10.0 Å². The third-order valence-electron chi connectivity index (χ3n) is 4.25. The Morgan fingerprint density at radius 3 is 2.53 bits per heavy atom. The first-order chi connectivity index (χ1) is 8.08. The molecule has 1 aliphatic carbocycles. The normalized spacial score (nSPS) is 27.9. The number of sulfonamides is 1. The molecule has 2 aliphatic rings. The Hall–Kier alpha value is -0.130. The van der Waals surface area contributed by atoms with Crippen LogP contribution in [0.1, 0.15) is 45.4 Å². The van der Waals surface area contributed by atoms with Crippen molar-refractivity contribution in [3.8, 4) is 0 Å². The highest BCUT2D eigenvalue weighted by atomic mass is 32.2. The molecule has 4 nitrogen and oxygen atoms in total. The molecule has 1 heterocycles. The van der Waals surface area contributed by atoms with E-state index in [1.54, 1.807) is 0 Å². The SMILES string of the molecule is CCCCS(=O)(=O)NC1CCC12CCOCC2. The largest absolute Gasteiger partial charge is 0.381 e. The summed E-state index contributed by atoms with van der Waals surface area (Å²) >= 11 is 0. The van der Waals surface area contributed by atoms with Gasteiger partial charge >= 0.3 is 0 Å². The summed E-state index contributed by atoms with van der Waals surface area (Å²) < 4.78 is 32.0. The number of hydrogen-bond donors (Lipinski definition) is 1. The van der Waals surface area contributed by atoms with E-state index in [1.165, 1.54) is 0 Å². The minimum Gasteiger partial charge on any atom is -0.381 e. The van der Waals surface area contributed by atoms with Gasteiger partial charge in [0.05, 0.1) is 5.75 Å². The molecule has 100 valence electrons. The number of rotatable bonds is 5. The number of nitrogens with one attached hydrogen (secondary N) is 1. The van der Waals surface area contributed by atoms with E-state index >= 15 is 0 Å². The van der Waals surface area contributed by atoms with Crippen LogP contribution in [0.2, 0.25) is 0 Å². The lowest BCUT2D eigenvalue weighted by Crippen LogP contribution is -2.57. The Labute approximate surface area is 104 Å². The Morgan fingerprint density at radius 1 is 1.29 bits per heavy atom. The summed E-state index contributed by atoms with van der Waals surface area (Å²) in [5.74, 6) is 0.270. The van der Waals surface area contributed by atoms with Gasteiger partial charge in [-0.05, 0) is 37.5 Å². The van der Waals surface area contributed by atoms with Gasteiger partial charge < -0.3 is 4.74 Å². The van der Waals surface area contributed by atoms with Crippen LogP contribution in [0.15, 0.2) is 0 Å². The molecule has 0 amide bonds. The third kappa shape index (κ3) is 3.01. The van der Waals surface area contributed by atoms with Gasteiger partial charge in [-0.25, -0.2) is 13.1 Å². The molecule has 1 aliphatic heterocycles. The van der Waals surface area contributed by atoms with E-state index in [1.807, 2.05) is 6.92 Å². The lowest BCUT2D eigenvalue weighted by molar-refractivity contribution is -0.0483. The van der Waals surface area contributed by atoms with Gasteiger partial charge in [0.1, 0.15) is 0 Å². The highest BCUT2D eigenvalue weighted by molar-refractivity contribution is 7.89. The van der Waals surface area contributed by atoms with E-state index in [4.69, 9.17) is 4.74 Å². The van der Waals surface area contributed by atoms with Crippen molar-refractivity contribution in [2.45, 2.75) is 51.5 Å². The van der Waals surface area contributed by atoms with Crippen LogP contribution in [0.3, 0.4) is 0 Å². The van der Waals surface area contributed by atoms with E-state index in [9.17, 15) is 8.42 Å². The van der Waals surface area contributed by atoms with Crippen LogP contribution in [0.4, 0.5) is 0 Å². The van der Waals surface area contributed by atoms with Crippen LogP contribution in [-0.4, -0.2) is 33.4 Å². The van der Waals surface area contributed by atoms with E-state index in [2.05, 4.69) is 4.72 Å². The van der Waals surface area contributed by atoms with Crippen LogP contribution >= 0.6 is 0 Å². The van der Waals surface area contributed by atoms with Crippen LogP contribution in [-0.2, 0) is 14.8 Å². The Balaban J connectivity index is 1.90. The van der Waals surface area contributed by atoms with Crippen molar-refractivity contribution >= 4 is 10.0 Å². The average Bonchev–Trinajstić information content (AvgIpc) is 2.34. The van der Waals surface area contributed by atoms with Gasteiger partial charge in [-0.2, -0.15) is 0 Å². The molecular weight excluding hydrogens is 238 g/mol. The van der Waals surface area contributed by atoms with Gasteiger partial charge in [-0.3, -0.25) is 0 Å². The molecule has 17 heavy (non-hydrogen) atoms. The molecule has 1 N–H and O–H groups in total. The van der Waals surface area contributed by atoms with Crippen LogP contribution < -0.4 is 4.72 Å². The molecule has 0 bridgehead atoms. The second kappa shape index (κ2) is 5.24. The maximum absolute atomic E-state index is 11.9. The van der Waals surface area contributed by atoms with Crippen molar-refractivity contribution in [3.63, 3.8) is 0 Å². The van der Waals surface area contributed by atoms with Crippen molar-refractivity contribution < 1.29 is 13.2 Å². The topological polar surface area (TPSA) is 55.4 Å². The first kappa shape index (κ1) is 13.3. The van der Waals surface area contributed by atoms with Gasteiger partial charge in [0, 0.05) is 19.3 Å². The maximum atomic E-state index is 11.9. The fourth-order valence-corrected chi connectivity index (χ4v) is 4.46. The summed E-state index contributed by atoms with van der Waals surface area (Å²) in [5, 5.41) is 0. The Kier molecular flexibility index (Phi) is 4.10. The van der Waals surface area contributed by atoms with Crippen molar-refractivity contribution in [1.82, 2.24) is 4.72 Å². The molecule has 1 saturated carbocycles. The molecule has 0 radical (unpaired) electrons. The van der Waals surface area contributed by atoms with Gasteiger partial charge in [0.25, 0.3) is 0 Å². The zero-order chi connectivity index (χ0) is 12.4. The average molecular weight is 261 g/mol. The molecule has 0 aromatic rings. The quantitative estimate of drug-likeness (QED) is 0.819. The molecule has 2 rings (SSSR count). The smallest absolute Gasteiger partial charge is 0.211 e. The fraction of sp³-hybridized carbons (Fsp3) is 1.00. The molecule has 1 unspecified atom stereocenters. The van der Waals surface area contributed by atoms with E-state index in [0.717, 1.165) is 51.7 Å². The zero-order valence-electron chi connectivity index (χ0n) is 10.6. The predicted octanol–water partition coefficient (Wildman–Crippen LogP) is 1.67. The highest BCUT2D eigenvalue weighted by Gasteiger charge is 2.48. The van der Waals surface area contributed by atoms with Crippen molar-refractivity contribution in [3.05, 3.63) is 0 Å². The first-order valence-corrected chi connectivity index (χ1v) is 8.31. The van der Waals surface area contributed by atoms with Gasteiger partial charge in [-0.15, -0.1) is 0 Å². The molecule has 1 spiro atoms. The third-order valence-corrected chi connectivity index (χ3v) is 5.72. The summed E-state index contributed by atoms with van der Waals surface area (Å²) in [7, 11) is -3.07. The lowest BCUT2D eigenvalue weighted by Gasteiger charge is -2.51. The van der Waals surface area contributed by atoms with Gasteiger partial charge in [0.15, 0.2) is 0 Å². The van der Waals surface area contributed by atoms with E-state index in [-0.39, 0.29) is 17.2 Å². The molecule has 5 heteroatoms. The minimum absolute atomic E-state index is 0.160. The molecule has 2 fully saturated rings. The first-order valence-electron chi connectivity index (χ1n) is 6.66. The van der Waals surface area contributed by atoms with Gasteiger partial charge in [0.2, 0.25) is 10.0 Å².